The number of benzene rings is 1. The number of nitrogens with zero attached hydrogens (tertiary/aromatic N) is 1. The van der Waals surface area contributed by atoms with Crippen LogP contribution in [0.25, 0.3) is 0 Å². The fraction of sp³-hybridized carbons (Fsp3) is 0.0833. The van der Waals surface area contributed by atoms with Gasteiger partial charge in [0.05, 0.1) is 10.5 Å². The second-order valence-corrected chi connectivity index (χ2v) is 6.08. The molecule has 1 aromatic carbocycles. The van der Waals surface area contributed by atoms with Crippen LogP contribution in [0.5, 0.6) is 0 Å². The summed E-state index contributed by atoms with van der Waals surface area (Å²) in [6.45, 7) is 0.228. The van der Waals surface area contributed by atoms with E-state index in [0.29, 0.717) is 0 Å². The summed E-state index contributed by atoms with van der Waals surface area (Å²) in [5, 5.41) is 12.6. The lowest BCUT2D eigenvalue weighted by Crippen LogP contribution is -2.23. The van der Waals surface area contributed by atoms with Gasteiger partial charge in [0.2, 0.25) is 10.0 Å². The van der Waals surface area contributed by atoms with Crippen LogP contribution in [0.15, 0.2) is 46.0 Å². The SMILES string of the molecule is N#Cc1ccccc1S(=O)(=O)NCc1ccsc1. The van der Waals surface area contributed by atoms with E-state index in [1.54, 1.807) is 12.1 Å². The van der Waals surface area contributed by atoms with Crippen molar-refractivity contribution in [1.29, 1.82) is 5.26 Å². The number of thiophene rings is 1. The van der Waals surface area contributed by atoms with E-state index in [2.05, 4.69) is 4.72 Å². The molecule has 0 spiro atoms. The van der Waals surface area contributed by atoms with E-state index in [4.69, 9.17) is 5.26 Å². The third-order valence-corrected chi connectivity index (χ3v) is 4.53. The zero-order valence-electron chi connectivity index (χ0n) is 9.33. The van der Waals surface area contributed by atoms with E-state index >= 15 is 0 Å². The van der Waals surface area contributed by atoms with Crippen molar-refractivity contribution in [2.75, 3.05) is 0 Å². The summed E-state index contributed by atoms with van der Waals surface area (Å²) in [6.07, 6.45) is 0. The first-order valence-corrected chi connectivity index (χ1v) is 7.56. The predicted molar refractivity (Wildman–Crippen MR) is 69.5 cm³/mol. The molecule has 4 nitrogen and oxygen atoms in total. The molecule has 18 heavy (non-hydrogen) atoms. The van der Waals surface area contributed by atoms with Gasteiger partial charge in [-0.15, -0.1) is 0 Å². The molecule has 0 saturated carbocycles. The molecule has 1 aromatic heterocycles. The molecule has 1 heterocycles. The molecular weight excluding hydrogens is 268 g/mol. The van der Waals surface area contributed by atoms with E-state index < -0.39 is 10.0 Å². The van der Waals surface area contributed by atoms with Gasteiger partial charge in [-0.1, -0.05) is 12.1 Å². The first-order chi connectivity index (χ1) is 8.63. The van der Waals surface area contributed by atoms with Crippen LogP contribution in [-0.4, -0.2) is 8.42 Å². The fourth-order valence-electron chi connectivity index (χ4n) is 1.44. The molecule has 92 valence electrons. The van der Waals surface area contributed by atoms with Crippen molar-refractivity contribution in [2.24, 2.45) is 0 Å². The number of nitrogens with one attached hydrogen (secondary N) is 1. The molecule has 0 amide bonds. The largest absolute Gasteiger partial charge is 0.242 e. The normalized spacial score (nSPS) is 11.1. The Balaban J connectivity index is 2.23. The van der Waals surface area contributed by atoms with Crippen LogP contribution in [0.2, 0.25) is 0 Å². The minimum Gasteiger partial charge on any atom is -0.207 e. The monoisotopic (exact) mass is 278 g/mol. The summed E-state index contributed by atoms with van der Waals surface area (Å²) in [4.78, 5) is 0.0164. The first-order valence-electron chi connectivity index (χ1n) is 5.13. The van der Waals surface area contributed by atoms with Crippen LogP contribution < -0.4 is 4.72 Å². The average Bonchev–Trinajstić information content (AvgIpc) is 2.89. The van der Waals surface area contributed by atoms with Gasteiger partial charge in [-0.05, 0) is 34.5 Å². The van der Waals surface area contributed by atoms with Crippen LogP contribution in [0, 0.1) is 11.3 Å². The van der Waals surface area contributed by atoms with Gasteiger partial charge in [0.15, 0.2) is 0 Å². The first kappa shape index (κ1) is 12.8. The van der Waals surface area contributed by atoms with Gasteiger partial charge in [0.1, 0.15) is 6.07 Å². The Hall–Kier alpha value is -1.68. The Bertz CT molecular complexity index is 670. The third-order valence-electron chi connectivity index (χ3n) is 2.34. The molecule has 0 aliphatic carbocycles. The van der Waals surface area contributed by atoms with Crippen LogP contribution in [0.3, 0.4) is 0 Å². The van der Waals surface area contributed by atoms with Gasteiger partial charge in [0, 0.05) is 6.54 Å². The molecule has 0 bridgehead atoms. The number of hydrogen-bond donors (Lipinski definition) is 1. The van der Waals surface area contributed by atoms with Crippen molar-refractivity contribution in [2.45, 2.75) is 11.4 Å². The van der Waals surface area contributed by atoms with E-state index in [9.17, 15) is 8.42 Å². The van der Waals surface area contributed by atoms with Crippen molar-refractivity contribution in [1.82, 2.24) is 4.72 Å². The second kappa shape index (κ2) is 5.31. The smallest absolute Gasteiger partial charge is 0.207 e. The Morgan fingerprint density at radius 1 is 1.28 bits per heavy atom. The van der Waals surface area contributed by atoms with Gasteiger partial charge in [-0.3, -0.25) is 0 Å². The summed E-state index contributed by atoms with van der Waals surface area (Å²) >= 11 is 1.51. The zero-order valence-corrected chi connectivity index (χ0v) is 11.0. The highest BCUT2D eigenvalue weighted by atomic mass is 32.2. The predicted octanol–water partition coefficient (Wildman–Crippen LogP) is 2.10. The van der Waals surface area contributed by atoms with Gasteiger partial charge >= 0.3 is 0 Å². The summed E-state index contributed by atoms with van der Waals surface area (Å²) in [7, 11) is -3.65. The number of hydrogen-bond acceptors (Lipinski definition) is 4. The fourth-order valence-corrected chi connectivity index (χ4v) is 3.28. The lowest BCUT2D eigenvalue weighted by molar-refractivity contribution is 0.581. The standard InChI is InChI=1S/C12H10N2O2S2/c13-7-11-3-1-2-4-12(11)18(15,16)14-8-10-5-6-17-9-10/h1-6,9,14H,8H2. The second-order valence-electron chi connectivity index (χ2n) is 3.56. The highest BCUT2D eigenvalue weighted by Crippen LogP contribution is 2.15. The van der Waals surface area contributed by atoms with Crippen LogP contribution in [0.4, 0.5) is 0 Å². The molecule has 0 radical (unpaired) electrons. The quantitative estimate of drug-likeness (QED) is 0.931. The summed E-state index contributed by atoms with van der Waals surface area (Å²) in [6, 6.07) is 9.87. The molecule has 0 fully saturated rings. The zero-order chi connectivity index (χ0) is 13.0. The lowest BCUT2D eigenvalue weighted by Gasteiger charge is -2.06. The summed E-state index contributed by atoms with van der Waals surface area (Å²) in [5.41, 5.74) is 1.05. The molecular formula is C12H10N2O2S2. The van der Waals surface area contributed by atoms with Crippen molar-refractivity contribution >= 4 is 21.4 Å². The molecule has 1 N–H and O–H groups in total. The van der Waals surface area contributed by atoms with Gasteiger partial charge in [-0.2, -0.15) is 16.6 Å². The number of rotatable bonds is 4. The average molecular weight is 278 g/mol. The molecule has 0 aliphatic rings. The highest BCUT2D eigenvalue weighted by molar-refractivity contribution is 7.89. The van der Waals surface area contributed by atoms with E-state index in [-0.39, 0.29) is 17.0 Å². The van der Waals surface area contributed by atoms with Crippen molar-refractivity contribution < 1.29 is 8.42 Å². The van der Waals surface area contributed by atoms with E-state index in [0.717, 1.165) is 5.56 Å². The third kappa shape index (κ3) is 2.76. The molecule has 6 heteroatoms. The molecule has 0 aliphatic heterocycles. The van der Waals surface area contributed by atoms with Crippen molar-refractivity contribution in [3.8, 4) is 6.07 Å². The van der Waals surface area contributed by atoms with E-state index in [1.807, 2.05) is 22.9 Å². The molecule has 0 unspecified atom stereocenters. The van der Waals surface area contributed by atoms with Gasteiger partial charge in [-0.25, -0.2) is 13.1 Å². The maximum absolute atomic E-state index is 12.0. The Labute approximate surface area is 110 Å². The number of sulfonamides is 1. The minimum absolute atomic E-state index is 0.0164. The van der Waals surface area contributed by atoms with E-state index in [1.165, 1.54) is 23.5 Å². The van der Waals surface area contributed by atoms with Crippen LogP contribution >= 0.6 is 11.3 Å². The minimum atomic E-state index is -3.65. The maximum Gasteiger partial charge on any atom is 0.242 e. The molecule has 2 rings (SSSR count). The van der Waals surface area contributed by atoms with Crippen LogP contribution in [0.1, 0.15) is 11.1 Å². The van der Waals surface area contributed by atoms with Crippen molar-refractivity contribution in [3.63, 3.8) is 0 Å². The molecule has 0 saturated heterocycles. The van der Waals surface area contributed by atoms with Gasteiger partial charge < -0.3 is 0 Å². The Morgan fingerprint density at radius 3 is 2.72 bits per heavy atom. The van der Waals surface area contributed by atoms with Crippen molar-refractivity contribution in [3.05, 3.63) is 52.2 Å². The molecule has 0 atom stereocenters. The summed E-state index contributed by atoms with van der Waals surface area (Å²) in [5.74, 6) is 0. The Morgan fingerprint density at radius 2 is 2.06 bits per heavy atom. The molecule has 2 aromatic rings. The highest BCUT2D eigenvalue weighted by Gasteiger charge is 2.17. The lowest BCUT2D eigenvalue weighted by atomic mass is 10.2. The Kier molecular flexibility index (Phi) is 3.77. The summed E-state index contributed by atoms with van der Waals surface area (Å²) < 4.78 is 26.6. The van der Waals surface area contributed by atoms with Crippen LogP contribution in [-0.2, 0) is 16.6 Å². The maximum atomic E-state index is 12.0. The van der Waals surface area contributed by atoms with Gasteiger partial charge in [0.25, 0.3) is 0 Å². The topological polar surface area (TPSA) is 70.0 Å². The number of nitriles is 1.